The zero-order valence-electron chi connectivity index (χ0n) is 14.6. The van der Waals surface area contributed by atoms with Crippen LogP contribution in [-0.4, -0.2) is 55.8 Å². The second-order valence-electron chi connectivity index (χ2n) is 6.53. The fraction of sp³-hybridized carbons (Fsp3) is 0.588. The van der Waals surface area contributed by atoms with Crippen LogP contribution in [0, 0.1) is 0 Å². The molecule has 6 nitrogen and oxygen atoms in total. The monoisotopic (exact) mass is 353 g/mol. The molecule has 24 heavy (non-hydrogen) atoms. The van der Waals surface area contributed by atoms with Crippen molar-refractivity contribution in [3.63, 3.8) is 0 Å². The molecular formula is C17H27N3O3S. The summed E-state index contributed by atoms with van der Waals surface area (Å²) < 4.78 is 26.6. The maximum absolute atomic E-state index is 12.8. The van der Waals surface area contributed by atoms with Crippen molar-refractivity contribution >= 4 is 15.9 Å². The van der Waals surface area contributed by atoms with Crippen LogP contribution in [0.5, 0.6) is 0 Å². The molecule has 0 radical (unpaired) electrons. The molecule has 0 aliphatic carbocycles. The Bertz CT molecular complexity index is 688. The highest BCUT2D eigenvalue weighted by Crippen LogP contribution is 2.22. The van der Waals surface area contributed by atoms with Crippen molar-refractivity contribution < 1.29 is 13.2 Å². The Morgan fingerprint density at radius 3 is 2.71 bits per heavy atom. The van der Waals surface area contributed by atoms with E-state index in [-0.39, 0.29) is 22.9 Å². The average Bonchev–Trinajstić information content (AvgIpc) is 2.60. The Labute approximate surface area is 144 Å². The Hall–Kier alpha value is -1.44. The number of rotatable bonds is 5. The van der Waals surface area contributed by atoms with E-state index >= 15 is 0 Å². The molecule has 1 unspecified atom stereocenters. The minimum atomic E-state index is -3.61. The van der Waals surface area contributed by atoms with Gasteiger partial charge in [0, 0.05) is 37.8 Å². The van der Waals surface area contributed by atoms with Gasteiger partial charge in [0.15, 0.2) is 0 Å². The minimum absolute atomic E-state index is 0.0323. The number of carbonyl (C=O) groups excluding carboxylic acids is 1. The molecule has 1 fully saturated rings. The summed E-state index contributed by atoms with van der Waals surface area (Å²) in [7, 11) is -2.06. The van der Waals surface area contributed by atoms with Crippen molar-refractivity contribution in [2.24, 2.45) is 5.73 Å². The van der Waals surface area contributed by atoms with Crippen LogP contribution in [0.1, 0.15) is 43.5 Å². The van der Waals surface area contributed by atoms with Crippen molar-refractivity contribution in [2.75, 3.05) is 20.1 Å². The molecule has 0 aromatic heterocycles. The van der Waals surface area contributed by atoms with E-state index in [1.807, 2.05) is 13.8 Å². The van der Waals surface area contributed by atoms with E-state index in [0.717, 1.165) is 19.3 Å². The van der Waals surface area contributed by atoms with Gasteiger partial charge >= 0.3 is 0 Å². The van der Waals surface area contributed by atoms with E-state index < -0.39 is 10.0 Å². The molecule has 0 spiro atoms. The smallest absolute Gasteiger partial charge is 0.254 e. The van der Waals surface area contributed by atoms with Gasteiger partial charge in [0.05, 0.1) is 4.90 Å². The predicted octanol–water partition coefficient (Wildman–Crippen LogP) is 1.67. The zero-order valence-corrected chi connectivity index (χ0v) is 15.4. The number of nitrogens with two attached hydrogens (primary N) is 1. The summed E-state index contributed by atoms with van der Waals surface area (Å²) in [5.74, 6) is -0.144. The van der Waals surface area contributed by atoms with Gasteiger partial charge in [-0.1, -0.05) is 6.07 Å². The molecule has 7 heteroatoms. The first-order chi connectivity index (χ1) is 11.3. The van der Waals surface area contributed by atoms with Crippen LogP contribution >= 0.6 is 0 Å². The molecule has 0 bridgehead atoms. The van der Waals surface area contributed by atoms with Gasteiger partial charge in [-0.2, -0.15) is 4.31 Å². The number of sulfonamides is 1. The molecule has 1 heterocycles. The lowest BCUT2D eigenvalue weighted by Crippen LogP contribution is -2.47. The maximum atomic E-state index is 12.8. The topological polar surface area (TPSA) is 83.7 Å². The van der Waals surface area contributed by atoms with Crippen molar-refractivity contribution in [1.82, 2.24) is 9.21 Å². The van der Waals surface area contributed by atoms with Gasteiger partial charge in [0.2, 0.25) is 10.0 Å². The largest absolute Gasteiger partial charge is 0.334 e. The third-order valence-electron chi connectivity index (χ3n) is 4.65. The summed E-state index contributed by atoms with van der Waals surface area (Å²) in [4.78, 5) is 14.7. The second-order valence-corrected chi connectivity index (χ2v) is 8.52. The lowest BCUT2D eigenvalue weighted by atomic mass is 10.0. The molecule has 0 saturated carbocycles. The third kappa shape index (κ3) is 3.79. The molecule has 1 aliphatic heterocycles. The van der Waals surface area contributed by atoms with E-state index in [1.54, 1.807) is 24.1 Å². The normalized spacial score (nSPS) is 19.1. The molecule has 1 aromatic rings. The van der Waals surface area contributed by atoms with Crippen molar-refractivity contribution in [1.29, 1.82) is 0 Å². The molecule has 134 valence electrons. The average molecular weight is 353 g/mol. The SMILES string of the molecule is CC(C)N(C)S(=O)(=O)c1cccc(C(=O)N2CCCCC2CN)c1. The first kappa shape index (κ1) is 18.9. The molecular weight excluding hydrogens is 326 g/mol. The predicted molar refractivity (Wildman–Crippen MR) is 94.3 cm³/mol. The van der Waals surface area contributed by atoms with Crippen LogP contribution in [0.4, 0.5) is 0 Å². The van der Waals surface area contributed by atoms with Gasteiger partial charge in [-0.05, 0) is 51.3 Å². The first-order valence-electron chi connectivity index (χ1n) is 8.38. The molecule has 1 atom stereocenters. The highest BCUT2D eigenvalue weighted by atomic mass is 32.2. The summed E-state index contributed by atoms with van der Waals surface area (Å²) in [6.45, 7) is 4.72. The van der Waals surface area contributed by atoms with Crippen molar-refractivity contribution in [2.45, 2.75) is 50.1 Å². The zero-order chi connectivity index (χ0) is 17.9. The lowest BCUT2D eigenvalue weighted by Gasteiger charge is -2.35. The van der Waals surface area contributed by atoms with E-state index in [4.69, 9.17) is 5.73 Å². The summed E-state index contributed by atoms with van der Waals surface area (Å²) >= 11 is 0. The van der Waals surface area contributed by atoms with E-state index in [0.29, 0.717) is 18.7 Å². The van der Waals surface area contributed by atoms with Crippen LogP contribution in [0.15, 0.2) is 29.2 Å². The number of nitrogens with zero attached hydrogens (tertiary/aromatic N) is 2. The fourth-order valence-electron chi connectivity index (χ4n) is 2.91. The van der Waals surface area contributed by atoms with E-state index in [2.05, 4.69) is 0 Å². The van der Waals surface area contributed by atoms with Gasteiger partial charge in [-0.3, -0.25) is 4.79 Å². The van der Waals surface area contributed by atoms with Crippen molar-refractivity contribution in [3.8, 4) is 0 Å². The number of hydrogen-bond donors (Lipinski definition) is 1. The number of carbonyl (C=O) groups is 1. The summed E-state index contributed by atoms with van der Waals surface area (Å²) in [6.07, 6.45) is 2.92. The maximum Gasteiger partial charge on any atom is 0.254 e. The van der Waals surface area contributed by atoms with Crippen LogP contribution < -0.4 is 5.73 Å². The summed E-state index contributed by atoms with van der Waals surface area (Å²) in [5, 5.41) is 0. The molecule has 1 aliphatic rings. The summed E-state index contributed by atoms with van der Waals surface area (Å²) in [6, 6.07) is 6.16. The number of likely N-dealkylation sites (tertiary alicyclic amines) is 1. The third-order valence-corrected chi connectivity index (χ3v) is 6.67. The van der Waals surface area contributed by atoms with Gasteiger partial charge < -0.3 is 10.6 Å². The Kier molecular flexibility index (Phi) is 6.01. The Morgan fingerprint density at radius 1 is 1.38 bits per heavy atom. The Balaban J connectivity index is 2.31. The van der Waals surface area contributed by atoms with Gasteiger partial charge in [0.25, 0.3) is 5.91 Å². The number of amides is 1. The molecule has 2 N–H and O–H groups in total. The van der Waals surface area contributed by atoms with Crippen LogP contribution in [0.25, 0.3) is 0 Å². The Morgan fingerprint density at radius 2 is 2.08 bits per heavy atom. The first-order valence-corrected chi connectivity index (χ1v) is 9.82. The molecule has 2 rings (SSSR count). The van der Waals surface area contributed by atoms with Gasteiger partial charge in [-0.25, -0.2) is 8.42 Å². The highest BCUT2D eigenvalue weighted by Gasteiger charge is 2.28. The van der Waals surface area contributed by atoms with E-state index in [1.165, 1.54) is 16.4 Å². The molecule has 1 saturated heterocycles. The van der Waals surface area contributed by atoms with E-state index in [9.17, 15) is 13.2 Å². The minimum Gasteiger partial charge on any atom is -0.334 e. The standard InChI is InChI=1S/C17H27N3O3S/c1-13(2)19(3)24(22,23)16-9-6-7-14(11-16)17(21)20-10-5-4-8-15(20)12-18/h6-7,9,11,13,15H,4-5,8,10,12,18H2,1-3H3. The summed E-state index contributed by atoms with van der Waals surface area (Å²) in [5.41, 5.74) is 6.18. The number of piperidine rings is 1. The second kappa shape index (κ2) is 7.63. The van der Waals surface area contributed by atoms with Crippen molar-refractivity contribution in [3.05, 3.63) is 29.8 Å². The number of hydrogen-bond acceptors (Lipinski definition) is 4. The van der Waals surface area contributed by atoms with Crippen LogP contribution in [0.3, 0.4) is 0 Å². The quantitative estimate of drug-likeness (QED) is 0.873. The van der Waals surface area contributed by atoms with Crippen LogP contribution in [0.2, 0.25) is 0 Å². The molecule has 1 amide bonds. The fourth-order valence-corrected chi connectivity index (χ4v) is 4.33. The van der Waals surface area contributed by atoms with Gasteiger partial charge in [0.1, 0.15) is 0 Å². The molecule has 1 aromatic carbocycles. The highest BCUT2D eigenvalue weighted by molar-refractivity contribution is 7.89. The van der Waals surface area contributed by atoms with Crippen LogP contribution in [-0.2, 0) is 10.0 Å². The number of benzene rings is 1. The lowest BCUT2D eigenvalue weighted by molar-refractivity contribution is 0.0623. The van der Waals surface area contributed by atoms with Gasteiger partial charge in [-0.15, -0.1) is 0 Å².